The van der Waals surface area contributed by atoms with E-state index in [0.29, 0.717) is 43.8 Å². The quantitative estimate of drug-likeness (QED) is 0.582. The number of amides is 3. The molecule has 0 aromatic heterocycles. The zero-order valence-corrected chi connectivity index (χ0v) is 20.9. The van der Waals surface area contributed by atoms with Gasteiger partial charge >= 0.3 is 12.1 Å². The van der Waals surface area contributed by atoms with Crippen LogP contribution in [0.5, 0.6) is 0 Å². The number of hydrogen-bond donors (Lipinski definition) is 1. The highest BCUT2D eigenvalue weighted by Crippen LogP contribution is 2.41. The minimum Gasteiger partial charge on any atom is -0.445 e. The Balaban J connectivity index is 1.42. The van der Waals surface area contributed by atoms with Crippen molar-refractivity contribution in [3.8, 4) is 0 Å². The van der Waals surface area contributed by atoms with E-state index in [-0.39, 0.29) is 12.6 Å². The van der Waals surface area contributed by atoms with Crippen molar-refractivity contribution in [2.24, 2.45) is 4.99 Å². The molecule has 1 aliphatic carbocycles. The number of carbonyl (C=O) groups excluding carboxylic acids is 2. The summed E-state index contributed by atoms with van der Waals surface area (Å²) in [6.45, 7) is 2.36. The Morgan fingerprint density at radius 2 is 1.95 bits per heavy atom. The molecule has 1 unspecified atom stereocenters. The largest absolute Gasteiger partial charge is 0.445 e. The number of ether oxygens (including phenoxy) is 1. The molecule has 0 bridgehead atoms. The highest BCUT2D eigenvalue weighted by atomic mass is 19.1. The Hall–Kier alpha value is -3.49. The molecule has 5 rings (SSSR count). The minimum atomic E-state index is -1.07. The number of alkyl halides is 1. The first-order chi connectivity index (χ1) is 17.9. The van der Waals surface area contributed by atoms with Crippen LogP contribution in [-0.4, -0.2) is 53.2 Å². The summed E-state index contributed by atoms with van der Waals surface area (Å²) in [6, 6.07) is 14.1. The zero-order valence-electron chi connectivity index (χ0n) is 20.9. The van der Waals surface area contributed by atoms with Crippen LogP contribution in [0.2, 0.25) is 0 Å². The van der Waals surface area contributed by atoms with Crippen molar-refractivity contribution >= 4 is 23.6 Å². The predicted molar refractivity (Wildman–Crippen MR) is 137 cm³/mol. The molecule has 2 heterocycles. The van der Waals surface area contributed by atoms with Gasteiger partial charge in [0.05, 0.1) is 6.04 Å². The zero-order chi connectivity index (χ0) is 26.0. The number of anilines is 1. The summed E-state index contributed by atoms with van der Waals surface area (Å²) in [4.78, 5) is 34.2. The van der Waals surface area contributed by atoms with E-state index in [9.17, 15) is 18.4 Å². The molecule has 7 nitrogen and oxygen atoms in total. The van der Waals surface area contributed by atoms with Crippen LogP contribution in [0, 0.1) is 5.82 Å². The second-order valence-electron chi connectivity index (χ2n) is 10.2. The fraction of sp³-hybridized carbons (Fsp3) is 0.464. The summed E-state index contributed by atoms with van der Waals surface area (Å²) < 4.78 is 34.5. The van der Waals surface area contributed by atoms with Crippen LogP contribution < -0.4 is 10.2 Å². The van der Waals surface area contributed by atoms with Gasteiger partial charge in [0.2, 0.25) is 0 Å². The summed E-state index contributed by atoms with van der Waals surface area (Å²) in [5.74, 6) is -0.0580. The second kappa shape index (κ2) is 10.5. The van der Waals surface area contributed by atoms with E-state index >= 15 is 0 Å². The maximum Gasteiger partial charge on any atom is 0.410 e. The number of benzene rings is 2. The molecule has 1 saturated carbocycles. The number of piperidine rings is 1. The number of nitrogens with zero attached hydrogens (tertiary/aromatic N) is 3. The molecule has 2 aromatic rings. The lowest BCUT2D eigenvalue weighted by atomic mass is 9.81. The van der Waals surface area contributed by atoms with Crippen LogP contribution in [0.15, 0.2) is 59.6 Å². The molecular weight excluding hydrogens is 478 g/mol. The Morgan fingerprint density at radius 1 is 1.16 bits per heavy atom. The Labute approximate surface area is 215 Å². The van der Waals surface area contributed by atoms with Crippen molar-refractivity contribution in [2.45, 2.75) is 75.8 Å². The first kappa shape index (κ1) is 25.2. The summed E-state index contributed by atoms with van der Waals surface area (Å²) in [5, 5.41) is 2.87. The number of rotatable bonds is 4. The van der Waals surface area contributed by atoms with Crippen LogP contribution in [0.4, 0.5) is 24.1 Å². The van der Waals surface area contributed by atoms with Gasteiger partial charge in [-0.25, -0.2) is 18.4 Å². The standard InChI is InChI=1S/C28H32F2N4O3/c1-19-17-28(14-15-33(19)27(36)37-18-20-8-3-2-4-9-20)25(31-24-13-6-5-12-23(24)30)32-26(35)34(28)22-11-7-10-21(29)16-22/h2-4,7-11,16,19,23-24H,5-6,12-15,17-18H2,1H3,(H,31,32,35)/t19-,23?,24-,28+/m0/s1. The van der Waals surface area contributed by atoms with Crippen molar-refractivity contribution in [3.63, 3.8) is 0 Å². The molecule has 3 amide bonds. The number of aliphatic imine (C=N–C) groups is 1. The lowest BCUT2D eigenvalue weighted by molar-refractivity contribution is 0.0645. The van der Waals surface area contributed by atoms with Crippen LogP contribution in [0.25, 0.3) is 0 Å². The fourth-order valence-electron chi connectivity index (χ4n) is 5.80. The van der Waals surface area contributed by atoms with Crippen molar-refractivity contribution in [3.05, 3.63) is 66.0 Å². The van der Waals surface area contributed by atoms with Crippen LogP contribution in [-0.2, 0) is 11.3 Å². The molecule has 2 saturated heterocycles. The molecule has 1 spiro atoms. The van der Waals surface area contributed by atoms with Gasteiger partial charge in [-0.05, 0) is 56.4 Å². The number of urea groups is 1. The van der Waals surface area contributed by atoms with E-state index < -0.39 is 35.7 Å². The summed E-state index contributed by atoms with van der Waals surface area (Å²) in [5.41, 5.74) is 0.343. The lowest BCUT2D eigenvalue weighted by Crippen LogP contribution is -2.60. The number of nitrogens with one attached hydrogen (secondary N) is 1. The van der Waals surface area contributed by atoms with E-state index in [1.165, 1.54) is 17.0 Å². The third-order valence-electron chi connectivity index (χ3n) is 7.68. The van der Waals surface area contributed by atoms with E-state index in [0.717, 1.165) is 18.4 Å². The smallest absolute Gasteiger partial charge is 0.410 e. The predicted octanol–water partition coefficient (Wildman–Crippen LogP) is 5.59. The monoisotopic (exact) mass is 510 g/mol. The third kappa shape index (κ3) is 5.04. The molecular formula is C28H32F2N4O3. The van der Waals surface area contributed by atoms with E-state index in [4.69, 9.17) is 9.73 Å². The van der Waals surface area contributed by atoms with Gasteiger partial charge in [-0.1, -0.05) is 49.2 Å². The van der Waals surface area contributed by atoms with Crippen molar-refractivity contribution < 1.29 is 23.1 Å². The highest BCUT2D eigenvalue weighted by molar-refractivity contribution is 6.19. The third-order valence-corrected chi connectivity index (χ3v) is 7.68. The molecule has 196 valence electrons. The lowest BCUT2D eigenvalue weighted by Gasteiger charge is -2.46. The average molecular weight is 511 g/mol. The van der Waals surface area contributed by atoms with E-state index in [1.54, 1.807) is 17.0 Å². The van der Waals surface area contributed by atoms with Gasteiger partial charge in [0.15, 0.2) is 0 Å². The van der Waals surface area contributed by atoms with Gasteiger partial charge in [0.25, 0.3) is 0 Å². The molecule has 2 aliphatic heterocycles. The Kier molecular flexibility index (Phi) is 7.13. The number of carbonyl (C=O) groups is 2. The maximum atomic E-state index is 14.7. The van der Waals surface area contributed by atoms with Gasteiger partial charge in [0.1, 0.15) is 30.0 Å². The Morgan fingerprint density at radius 3 is 2.68 bits per heavy atom. The van der Waals surface area contributed by atoms with Gasteiger partial charge in [-0.3, -0.25) is 15.2 Å². The molecule has 2 aromatic carbocycles. The average Bonchev–Trinajstić information content (AvgIpc) is 3.14. The number of hydrogen-bond acceptors (Lipinski definition) is 4. The van der Waals surface area contributed by atoms with Gasteiger partial charge < -0.3 is 9.64 Å². The first-order valence-electron chi connectivity index (χ1n) is 12.9. The van der Waals surface area contributed by atoms with Gasteiger partial charge in [-0.15, -0.1) is 0 Å². The molecule has 0 radical (unpaired) electrons. The molecule has 1 N–H and O–H groups in total. The van der Waals surface area contributed by atoms with Crippen LogP contribution >= 0.6 is 0 Å². The summed E-state index contributed by atoms with van der Waals surface area (Å²) in [7, 11) is 0. The maximum absolute atomic E-state index is 14.7. The second-order valence-corrected chi connectivity index (χ2v) is 10.2. The normalized spacial score (nSPS) is 29.0. The molecule has 9 heteroatoms. The van der Waals surface area contributed by atoms with Crippen molar-refractivity contribution in [2.75, 3.05) is 11.4 Å². The number of amidine groups is 1. The van der Waals surface area contributed by atoms with E-state index in [1.807, 2.05) is 37.3 Å². The van der Waals surface area contributed by atoms with Crippen molar-refractivity contribution in [1.82, 2.24) is 10.2 Å². The van der Waals surface area contributed by atoms with E-state index in [2.05, 4.69) is 5.32 Å². The van der Waals surface area contributed by atoms with Crippen molar-refractivity contribution in [1.29, 1.82) is 0 Å². The summed E-state index contributed by atoms with van der Waals surface area (Å²) in [6.07, 6.45) is 1.98. The van der Waals surface area contributed by atoms with Crippen LogP contribution in [0.1, 0.15) is 51.0 Å². The van der Waals surface area contributed by atoms with Gasteiger partial charge in [0, 0.05) is 18.3 Å². The first-order valence-corrected chi connectivity index (χ1v) is 12.9. The molecule has 37 heavy (non-hydrogen) atoms. The fourth-order valence-corrected chi connectivity index (χ4v) is 5.80. The Bertz CT molecular complexity index is 1180. The molecule has 3 fully saturated rings. The summed E-state index contributed by atoms with van der Waals surface area (Å²) >= 11 is 0. The number of halogens is 2. The minimum absolute atomic E-state index is 0.162. The number of likely N-dealkylation sites (tertiary alicyclic amines) is 1. The highest BCUT2D eigenvalue weighted by Gasteiger charge is 2.55. The van der Waals surface area contributed by atoms with Crippen LogP contribution in [0.3, 0.4) is 0 Å². The molecule has 4 atom stereocenters. The SMILES string of the molecule is C[C@H]1C[C@]2(CCN1C(=O)OCc1ccccc1)C(=N[C@H]1CCCCC1F)NC(=O)N2c1cccc(F)c1. The topological polar surface area (TPSA) is 74.2 Å². The van der Waals surface area contributed by atoms with Gasteiger partial charge in [-0.2, -0.15) is 0 Å². The molecule has 3 aliphatic rings.